The molecule has 0 spiro atoms. The average molecular weight is 701 g/mol. The summed E-state index contributed by atoms with van der Waals surface area (Å²) < 4.78 is 2.46. The van der Waals surface area contributed by atoms with E-state index in [2.05, 4.69) is 174 Å². The zero-order chi connectivity index (χ0) is 36.3. The first kappa shape index (κ1) is 31.1. The second-order valence-corrected chi connectivity index (χ2v) is 14.0. The van der Waals surface area contributed by atoms with Crippen LogP contribution >= 0.6 is 0 Å². The maximum atomic E-state index is 5.15. The Morgan fingerprint density at radius 3 is 1.27 bits per heavy atom. The average Bonchev–Trinajstić information content (AvgIpc) is 3.62. The Balaban J connectivity index is 1.19. The van der Waals surface area contributed by atoms with Crippen LogP contribution in [0.1, 0.15) is 0 Å². The van der Waals surface area contributed by atoms with Crippen LogP contribution in [0, 0.1) is 0 Å². The molecule has 0 bridgehead atoms. The van der Waals surface area contributed by atoms with Crippen molar-refractivity contribution < 1.29 is 0 Å². The van der Waals surface area contributed by atoms with E-state index in [1.54, 1.807) is 0 Å². The monoisotopic (exact) mass is 700 g/mol. The molecule has 8 aromatic carbocycles. The molecule has 3 heterocycles. The lowest BCUT2D eigenvalue weighted by molar-refractivity contribution is 1.07. The van der Waals surface area contributed by atoms with Crippen molar-refractivity contribution in [2.75, 3.05) is 0 Å². The number of rotatable bonds is 4. The Labute approximate surface area is 317 Å². The van der Waals surface area contributed by atoms with Gasteiger partial charge in [-0.15, -0.1) is 0 Å². The van der Waals surface area contributed by atoms with Crippen LogP contribution in [0.2, 0.25) is 0 Å². The molecule has 4 heteroatoms. The van der Waals surface area contributed by atoms with Crippen LogP contribution in [0.5, 0.6) is 0 Å². The molecule has 0 amide bonds. The lowest BCUT2D eigenvalue weighted by atomic mass is 10.0. The fourth-order valence-corrected chi connectivity index (χ4v) is 8.27. The van der Waals surface area contributed by atoms with E-state index in [0.717, 1.165) is 38.7 Å². The summed E-state index contributed by atoms with van der Waals surface area (Å²) in [6.07, 6.45) is 0. The summed E-state index contributed by atoms with van der Waals surface area (Å²) in [4.78, 5) is 15.3. The Bertz CT molecular complexity index is 3290. The minimum Gasteiger partial charge on any atom is -0.308 e. The third-order valence-electron chi connectivity index (χ3n) is 10.8. The molecule has 0 fully saturated rings. The first-order chi connectivity index (χ1) is 27.3. The summed E-state index contributed by atoms with van der Waals surface area (Å²) >= 11 is 0. The van der Waals surface area contributed by atoms with Gasteiger partial charge >= 0.3 is 0 Å². The van der Waals surface area contributed by atoms with E-state index >= 15 is 0 Å². The molecular formula is C51H32N4. The van der Waals surface area contributed by atoms with E-state index in [0.29, 0.717) is 17.5 Å². The van der Waals surface area contributed by atoms with E-state index < -0.39 is 0 Å². The molecule has 55 heavy (non-hydrogen) atoms. The first-order valence-corrected chi connectivity index (χ1v) is 18.6. The number of para-hydroxylation sites is 2. The number of hydrogen-bond donors (Lipinski definition) is 0. The van der Waals surface area contributed by atoms with E-state index in [9.17, 15) is 0 Å². The van der Waals surface area contributed by atoms with Crippen LogP contribution in [0.15, 0.2) is 194 Å². The molecule has 0 radical (unpaired) electrons. The predicted octanol–water partition coefficient (Wildman–Crippen LogP) is 13.1. The van der Waals surface area contributed by atoms with E-state index in [-0.39, 0.29) is 0 Å². The Hall–Kier alpha value is -7.43. The number of nitrogens with zero attached hydrogens (tertiary/aromatic N) is 4. The third-order valence-corrected chi connectivity index (χ3v) is 10.8. The highest BCUT2D eigenvalue weighted by Crippen LogP contribution is 2.40. The van der Waals surface area contributed by atoms with E-state index in [1.165, 1.54) is 48.8 Å². The van der Waals surface area contributed by atoms with Gasteiger partial charge < -0.3 is 4.40 Å². The van der Waals surface area contributed by atoms with Gasteiger partial charge in [0.1, 0.15) is 0 Å². The normalized spacial score (nSPS) is 11.6. The van der Waals surface area contributed by atoms with Gasteiger partial charge in [-0.05, 0) is 56.9 Å². The van der Waals surface area contributed by atoms with E-state index in [4.69, 9.17) is 15.0 Å². The number of hydrogen-bond acceptors (Lipinski definition) is 3. The number of fused-ring (bicyclic) bond motifs is 10. The van der Waals surface area contributed by atoms with Gasteiger partial charge in [-0.2, -0.15) is 0 Å². The van der Waals surface area contributed by atoms with E-state index in [1.807, 2.05) is 24.3 Å². The SMILES string of the molecule is c1ccc(-c2ccc(-c3nc(-c4ccccc4)nc(-c4ccc5c(c4)c4cccc6c7ccccc7c7ccccc7c7ccccc7n5c64)n3)cc2)cc1. The molecule has 0 atom stereocenters. The number of aromatic nitrogens is 4. The second-order valence-electron chi connectivity index (χ2n) is 14.0. The van der Waals surface area contributed by atoms with Crippen molar-refractivity contribution in [1.29, 1.82) is 0 Å². The summed E-state index contributed by atoms with van der Waals surface area (Å²) in [5.41, 5.74) is 8.60. The molecule has 11 rings (SSSR count). The molecule has 11 aromatic rings. The minimum absolute atomic E-state index is 0.635. The minimum atomic E-state index is 0.635. The summed E-state index contributed by atoms with van der Waals surface area (Å²) in [6.45, 7) is 0. The van der Waals surface area contributed by atoms with Gasteiger partial charge in [0.25, 0.3) is 0 Å². The van der Waals surface area contributed by atoms with Gasteiger partial charge in [0.2, 0.25) is 0 Å². The maximum absolute atomic E-state index is 5.15. The van der Waals surface area contributed by atoms with Crippen molar-refractivity contribution in [1.82, 2.24) is 19.4 Å². The van der Waals surface area contributed by atoms with Gasteiger partial charge in [-0.25, -0.2) is 15.0 Å². The molecular weight excluding hydrogens is 669 g/mol. The highest BCUT2D eigenvalue weighted by atomic mass is 15.0. The van der Waals surface area contributed by atoms with Crippen molar-refractivity contribution in [3.8, 4) is 45.3 Å². The summed E-state index contributed by atoms with van der Waals surface area (Å²) in [5, 5.41) is 9.60. The molecule has 0 unspecified atom stereocenters. The predicted molar refractivity (Wildman–Crippen MR) is 229 cm³/mol. The smallest absolute Gasteiger partial charge is 0.164 e. The molecule has 0 saturated carbocycles. The molecule has 0 saturated heterocycles. The van der Waals surface area contributed by atoms with Gasteiger partial charge in [0.15, 0.2) is 17.5 Å². The maximum Gasteiger partial charge on any atom is 0.164 e. The zero-order valence-corrected chi connectivity index (χ0v) is 29.8. The van der Waals surface area contributed by atoms with Crippen LogP contribution in [-0.2, 0) is 0 Å². The standard InChI is InChI=1S/C51H32N4/c1-3-14-33(15-4-1)34-26-28-36(29-27-34)50-52-49(35-16-5-2-6-17-35)53-51(54-50)37-30-31-47-45(32-37)44-24-13-23-43-41-21-10-8-19-39(41)38-18-7-9-20-40(38)42-22-11-12-25-46(42)55(47)48(43)44/h1-32H. The lowest BCUT2D eigenvalue weighted by Gasteiger charge is -2.09. The Morgan fingerprint density at radius 2 is 0.636 bits per heavy atom. The quantitative estimate of drug-likeness (QED) is 0.184. The zero-order valence-electron chi connectivity index (χ0n) is 29.8. The summed E-state index contributed by atoms with van der Waals surface area (Å²) in [7, 11) is 0. The molecule has 3 aromatic heterocycles. The van der Waals surface area contributed by atoms with Crippen molar-refractivity contribution in [2.45, 2.75) is 0 Å². The Morgan fingerprint density at radius 1 is 0.255 bits per heavy atom. The largest absolute Gasteiger partial charge is 0.308 e. The molecule has 0 aliphatic rings. The van der Waals surface area contributed by atoms with Crippen molar-refractivity contribution in [3.63, 3.8) is 0 Å². The number of benzene rings is 8. The van der Waals surface area contributed by atoms with Crippen LogP contribution in [0.3, 0.4) is 0 Å². The molecule has 0 aliphatic carbocycles. The van der Waals surface area contributed by atoms with Crippen LogP contribution in [-0.4, -0.2) is 19.4 Å². The third kappa shape index (κ3) is 5.11. The molecule has 0 N–H and O–H groups in total. The Kier molecular flexibility index (Phi) is 7.14. The summed E-state index contributed by atoms with van der Waals surface area (Å²) in [5.74, 6) is 1.92. The van der Waals surface area contributed by atoms with Crippen LogP contribution < -0.4 is 0 Å². The second kappa shape index (κ2) is 12.6. The van der Waals surface area contributed by atoms with Gasteiger partial charge in [0.05, 0.1) is 16.6 Å². The fraction of sp³-hybridized carbons (Fsp3) is 0. The van der Waals surface area contributed by atoms with Gasteiger partial charge in [-0.1, -0.05) is 170 Å². The molecule has 256 valence electrons. The van der Waals surface area contributed by atoms with Gasteiger partial charge in [-0.3, -0.25) is 0 Å². The highest BCUT2D eigenvalue weighted by Gasteiger charge is 2.18. The topological polar surface area (TPSA) is 43.1 Å². The van der Waals surface area contributed by atoms with Crippen LogP contribution in [0.25, 0.3) is 105 Å². The van der Waals surface area contributed by atoms with Crippen LogP contribution in [0.4, 0.5) is 0 Å². The van der Waals surface area contributed by atoms with Crippen molar-refractivity contribution in [3.05, 3.63) is 194 Å². The summed E-state index contributed by atoms with van der Waals surface area (Å²) in [6, 6.07) is 68.8. The highest BCUT2D eigenvalue weighted by molar-refractivity contribution is 6.25. The fourth-order valence-electron chi connectivity index (χ4n) is 8.27. The van der Waals surface area contributed by atoms with Crippen molar-refractivity contribution >= 4 is 59.6 Å². The molecule has 4 nitrogen and oxygen atoms in total. The first-order valence-electron chi connectivity index (χ1n) is 18.6. The van der Waals surface area contributed by atoms with Gasteiger partial charge in [0, 0.05) is 38.2 Å². The lowest BCUT2D eigenvalue weighted by Crippen LogP contribution is -2.00. The van der Waals surface area contributed by atoms with Crippen molar-refractivity contribution in [2.24, 2.45) is 0 Å². The molecule has 0 aliphatic heterocycles.